The fourth-order valence-corrected chi connectivity index (χ4v) is 2.03. The summed E-state index contributed by atoms with van der Waals surface area (Å²) in [6.45, 7) is 2.46. The maximum absolute atomic E-state index is 11.5. The molecule has 0 aromatic heterocycles. The highest BCUT2D eigenvalue weighted by molar-refractivity contribution is 14.0. The van der Waals surface area contributed by atoms with Gasteiger partial charge in [-0.05, 0) is 36.2 Å². The lowest BCUT2D eigenvalue weighted by molar-refractivity contribution is -0.116. The molecule has 128 valence electrons. The van der Waals surface area contributed by atoms with Crippen LogP contribution in [-0.4, -0.2) is 11.9 Å². The van der Waals surface area contributed by atoms with Gasteiger partial charge in [-0.1, -0.05) is 37.3 Å². The van der Waals surface area contributed by atoms with E-state index in [0.717, 1.165) is 23.4 Å². The van der Waals surface area contributed by atoms with Crippen molar-refractivity contribution in [3.05, 3.63) is 60.2 Å². The van der Waals surface area contributed by atoms with Gasteiger partial charge in [-0.3, -0.25) is 4.79 Å². The molecule has 6 heteroatoms. The molecule has 2 aromatic rings. The number of anilines is 2. The summed E-state index contributed by atoms with van der Waals surface area (Å²) in [7, 11) is 0. The highest BCUT2D eigenvalue weighted by Gasteiger charge is 2.01. The van der Waals surface area contributed by atoms with Crippen LogP contribution in [0.3, 0.4) is 0 Å². The summed E-state index contributed by atoms with van der Waals surface area (Å²) < 4.78 is 0. The van der Waals surface area contributed by atoms with Crippen LogP contribution in [-0.2, 0) is 11.3 Å². The third-order valence-electron chi connectivity index (χ3n) is 3.19. The van der Waals surface area contributed by atoms with E-state index in [1.165, 1.54) is 0 Å². The minimum absolute atomic E-state index is 0. The first-order chi connectivity index (χ1) is 11.2. The van der Waals surface area contributed by atoms with Gasteiger partial charge in [-0.2, -0.15) is 0 Å². The molecule has 0 unspecified atom stereocenters. The Labute approximate surface area is 159 Å². The predicted octanol–water partition coefficient (Wildman–Crippen LogP) is 3.97. The summed E-state index contributed by atoms with van der Waals surface area (Å²) >= 11 is 0. The van der Waals surface area contributed by atoms with Crippen LogP contribution < -0.4 is 16.4 Å². The summed E-state index contributed by atoms with van der Waals surface area (Å²) in [4.78, 5) is 15.8. The summed E-state index contributed by atoms with van der Waals surface area (Å²) in [6.07, 6.45) is 1.38. The topological polar surface area (TPSA) is 79.5 Å². The highest BCUT2D eigenvalue weighted by Crippen LogP contribution is 2.11. The van der Waals surface area contributed by atoms with Crippen molar-refractivity contribution >= 4 is 47.2 Å². The maximum Gasteiger partial charge on any atom is 0.224 e. The number of carbonyl (C=O) groups excluding carboxylic acids is 1. The van der Waals surface area contributed by atoms with Crippen LogP contribution in [0.4, 0.5) is 11.4 Å². The van der Waals surface area contributed by atoms with Crippen LogP contribution in [0.5, 0.6) is 0 Å². The molecule has 0 saturated carbocycles. The number of aliphatic imine (C=N–C) groups is 1. The molecule has 5 nitrogen and oxygen atoms in total. The monoisotopic (exact) mass is 438 g/mol. The maximum atomic E-state index is 11.5. The number of nitrogens with one attached hydrogen (secondary N) is 2. The Bertz CT molecular complexity index is 656. The van der Waals surface area contributed by atoms with Crippen molar-refractivity contribution in [2.45, 2.75) is 26.3 Å². The molecule has 24 heavy (non-hydrogen) atoms. The second-order valence-electron chi connectivity index (χ2n) is 5.19. The van der Waals surface area contributed by atoms with E-state index in [4.69, 9.17) is 5.73 Å². The van der Waals surface area contributed by atoms with Gasteiger partial charge in [0.05, 0.1) is 6.54 Å². The van der Waals surface area contributed by atoms with E-state index in [2.05, 4.69) is 15.6 Å². The molecule has 0 radical (unpaired) electrons. The van der Waals surface area contributed by atoms with Gasteiger partial charge in [-0.25, -0.2) is 4.99 Å². The van der Waals surface area contributed by atoms with Gasteiger partial charge in [0, 0.05) is 17.8 Å². The number of para-hydroxylation sites is 1. The molecule has 0 atom stereocenters. The van der Waals surface area contributed by atoms with Gasteiger partial charge < -0.3 is 16.4 Å². The molecule has 2 rings (SSSR count). The van der Waals surface area contributed by atoms with Crippen LogP contribution in [0.2, 0.25) is 0 Å². The standard InChI is InChI=1S/C18H22N4O.HI/c1-2-6-17(23)21-16-11-9-14(10-12-16)13-20-18(19)22-15-7-4-3-5-8-15;/h3-5,7-12H,2,6,13H2,1H3,(H,21,23)(H3,19,20,22);1H. The van der Waals surface area contributed by atoms with Crippen molar-refractivity contribution in [1.82, 2.24) is 0 Å². The molecular weight excluding hydrogens is 415 g/mol. The molecule has 4 N–H and O–H groups in total. The van der Waals surface area contributed by atoms with Crippen molar-refractivity contribution in [3.63, 3.8) is 0 Å². The van der Waals surface area contributed by atoms with Crippen LogP contribution >= 0.6 is 24.0 Å². The third kappa shape index (κ3) is 6.99. The smallest absolute Gasteiger partial charge is 0.224 e. The zero-order valence-corrected chi connectivity index (χ0v) is 16.0. The molecule has 0 aliphatic rings. The Morgan fingerprint density at radius 1 is 1.00 bits per heavy atom. The van der Waals surface area contributed by atoms with Crippen molar-refractivity contribution in [2.75, 3.05) is 10.6 Å². The molecule has 0 saturated heterocycles. The fourth-order valence-electron chi connectivity index (χ4n) is 2.03. The number of nitrogens with two attached hydrogens (primary N) is 1. The van der Waals surface area contributed by atoms with Gasteiger partial charge in [0.1, 0.15) is 0 Å². The van der Waals surface area contributed by atoms with E-state index >= 15 is 0 Å². The average Bonchev–Trinajstić information content (AvgIpc) is 2.55. The zero-order chi connectivity index (χ0) is 16.5. The molecule has 0 fully saturated rings. The first-order valence-electron chi connectivity index (χ1n) is 7.68. The molecule has 0 heterocycles. The largest absolute Gasteiger partial charge is 0.370 e. The summed E-state index contributed by atoms with van der Waals surface area (Å²) in [5.41, 5.74) is 8.59. The van der Waals surface area contributed by atoms with E-state index < -0.39 is 0 Å². The number of benzene rings is 2. The number of amides is 1. The van der Waals surface area contributed by atoms with E-state index in [0.29, 0.717) is 18.9 Å². The van der Waals surface area contributed by atoms with Crippen molar-refractivity contribution in [2.24, 2.45) is 10.7 Å². The lowest BCUT2D eigenvalue weighted by Gasteiger charge is -2.06. The molecular formula is C18H23IN4O. The van der Waals surface area contributed by atoms with Crippen LogP contribution in [0, 0.1) is 0 Å². The fraction of sp³-hybridized carbons (Fsp3) is 0.222. The molecule has 0 aliphatic carbocycles. The first-order valence-corrected chi connectivity index (χ1v) is 7.68. The molecule has 0 bridgehead atoms. The second-order valence-corrected chi connectivity index (χ2v) is 5.19. The number of carbonyl (C=O) groups is 1. The number of halogens is 1. The van der Waals surface area contributed by atoms with Crippen LogP contribution in [0.25, 0.3) is 0 Å². The van der Waals surface area contributed by atoms with Gasteiger partial charge in [0.2, 0.25) is 5.91 Å². The normalized spacial score (nSPS) is 10.6. The van der Waals surface area contributed by atoms with Gasteiger partial charge >= 0.3 is 0 Å². The minimum atomic E-state index is 0. The number of hydrogen-bond donors (Lipinski definition) is 3. The van der Waals surface area contributed by atoms with Crippen molar-refractivity contribution < 1.29 is 4.79 Å². The van der Waals surface area contributed by atoms with Gasteiger partial charge in [0.25, 0.3) is 0 Å². The Morgan fingerprint density at radius 2 is 1.62 bits per heavy atom. The summed E-state index contributed by atoms with van der Waals surface area (Å²) in [5.74, 6) is 0.408. The van der Waals surface area contributed by atoms with Gasteiger partial charge in [-0.15, -0.1) is 24.0 Å². The molecule has 0 aliphatic heterocycles. The highest BCUT2D eigenvalue weighted by atomic mass is 127. The minimum Gasteiger partial charge on any atom is -0.370 e. The lowest BCUT2D eigenvalue weighted by atomic mass is 10.2. The number of hydrogen-bond acceptors (Lipinski definition) is 2. The van der Waals surface area contributed by atoms with Crippen LogP contribution in [0.1, 0.15) is 25.3 Å². The van der Waals surface area contributed by atoms with Crippen molar-refractivity contribution in [3.8, 4) is 0 Å². The molecule has 1 amide bonds. The van der Waals surface area contributed by atoms with E-state index in [-0.39, 0.29) is 29.9 Å². The quantitative estimate of drug-likeness (QED) is 0.363. The van der Waals surface area contributed by atoms with E-state index in [9.17, 15) is 4.79 Å². The van der Waals surface area contributed by atoms with Crippen molar-refractivity contribution in [1.29, 1.82) is 0 Å². The summed E-state index contributed by atoms with van der Waals surface area (Å²) in [6, 6.07) is 17.3. The molecule has 2 aromatic carbocycles. The predicted molar refractivity (Wildman–Crippen MR) is 111 cm³/mol. The number of nitrogens with zero attached hydrogens (tertiary/aromatic N) is 1. The van der Waals surface area contributed by atoms with E-state index in [1.54, 1.807) is 0 Å². The number of rotatable bonds is 6. The Hall–Kier alpha value is -2.09. The molecule has 0 spiro atoms. The third-order valence-corrected chi connectivity index (χ3v) is 3.19. The summed E-state index contributed by atoms with van der Waals surface area (Å²) in [5, 5.41) is 5.89. The van der Waals surface area contributed by atoms with E-state index in [1.807, 2.05) is 61.5 Å². The Morgan fingerprint density at radius 3 is 2.25 bits per heavy atom. The van der Waals surface area contributed by atoms with Gasteiger partial charge in [0.15, 0.2) is 5.96 Å². The Balaban J connectivity index is 0.00000288. The zero-order valence-electron chi connectivity index (χ0n) is 13.7. The first kappa shape index (κ1) is 20.0. The average molecular weight is 438 g/mol. The Kier molecular flexibility index (Phi) is 8.85. The SMILES string of the molecule is CCCC(=O)Nc1ccc(CN=C(N)Nc2ccccc2)cc1.I. The lowest BCUT2D eigenvalue weighted by Crippen LogP contribution is -2.22. The second kappa shape index (κ2) is 10.6. The van der Waals surface area contributed by atoms with Crippen LogP contribution in [0.15, 0.2) is 59.6 Å². The number of guanidine groups is 1.